The maximum Gasteiger partial charge on any atom is 0.418 e. The van der Waals surface area contributed by atoms with Crippen LogP contribution in [0.25, 0.3) is 10.8 Å². The highest BCUT2D eigenvalue weighted by Gasteiger charge is 2.35. The second-order valence-corrected chi connectivity index (χ2v) is 9.60. The number of benzene rings is 3. The molecule has 0 aliphatic carbocycles. The molecular weight excluding hydrogens is 525 g/mol. The summed E-state index contributed by atoms with van der Waals surface area (Å²) in [4.78, 5) is 7.78. The number of phenols is 1. The first kappa shape index (κ1) is 25.7. The maximum absolute atomic E-state index is 13.4. The average Bonchev–Trinajstić information content (AvgIpc) is 2.70. The molecule has 3 aromatic carbocycles. The largest absolute Gasteiger partial charge is 0.507 e. The number of azo groups is 1. The van der Waals surface area contributed by atoms with E-state index in [1.165, 1.54) is 0 Å². The molecule has 0 aliphatic rings. The number of aromatic hydroxyl groups is 1. The van der Waals surface area contributed by atoms with Gasteiger partial charge < -0.3 is 10.8 Å². The normalized spacial score (nSPS) is 12.9. The number of non-ortho nitro benzene ring substituents is 1. The van der Waals surface area contributed by atoms with Gasteiger partial charge in [0.2, 0.25) is 0 Å². The lowest BCUT2D eigenvalue weighted by Gasteiger charge is -2.12. The number of hydrogen-bond donors (Lipinski definition) is 4. The molecule has 0 saturated heterocycles. The molecule has 18 heteroatoms. The lowest BCUT2D eigenvalue weighted by atomic mass is 10.1. The quantitative estimate of drug-likeness (QED) is 0.121. The number of alkyl halides is 3. The molecule has 186 valence electrons. The number of fused-ring (bicyclic) bond motifs is 1. The minimum Gasteiger partial charge on any atom is -0.507 e. The van der Waals surface area contributed by atoms with Gasteiger partial charge in [0.1, 0.15) is 16.3 Å². The smallest absolute Gasteiger partial charge is 0.418 e. The fourth-order valence-electron chi connectivity index (χ4n) is 2.99. The molecule has 35 heavy (non-hydrogen) atoms. The number of hydrogen-bond acceptors (Lipinski definition) is 10. The van der Waals surface area contributed by atoms with E-state index < -0.39 is 86.0 Å². The summed E-state index contributed by atoms with van der Waals surface area (Å²) in [6.07, 6.45) is -5.13. The van der Waals surface area contributed by atoms with Crippen molar-refractivity contribution in [2.45, 2.75) is 16.0 Å². The minimum atomic E-state index is -5.13. The van der Waals surface area contributed by atoms with Crippen LogP contribution in [0.2, 0.25) is 0 Å². The third-order valence-corrected chi connectivity index (χ3v) is 6.22. The number of halogens is 3. The summed E-state index contributed by atoms with van der Waals surface area (Å²) in [5.41, 5.74) is 0.576. The van der Waals surface area contributed by atoms with E-state index in [4.69, 9.17) is 5.73 Å². The highest BCUT2D eigenvalue weighted by molar-refractivity contribution is 7.86. The van der Waals surface area contributed by atoms with Gasteiger partial charge in [-0.1, -0.05) is 0 Å². The summed E-state index contributed by atoms with van der Waals surface area (Å²) < 4.78 is 105. The van der Waals surface area contributed by atoms with Gasteiger partial charge in [-0.2, -0.15) is 30.0 Å². The van der Waals surface area contributed by atoms with E-state index in [1.54, 1.807) is 0 Å². The van der Waals surface area contributed by atoms with Gasteiger partial charge >= 0.3 is 6.18 Å². The zero-order chi connectivity index (χ0) is 26.5. The number of nitro groups is 1. The Kier molecular flexibility index (Phi) is 6.19. The Morgan fingerprint density at radius 1 is 0.971 bits per heavy atom. The molecule has 0 spiro atoms. The van der Waals surface area contributed by atoms with Gasteiger partial charge in [0.05, 0.1) is 32.1 Å². The molecule has 3 rings (SSSR count). The summed E-state index contributed by atoms with van der Waals surface area (Å²) in [6, 6.07) is 3.29. The molecule has 3 aromatic rings. The number of nitrogens with zero attached hydrogens (tertiary/aromatic N) is 3. The Bertz CT molecular complexity index is 1640. The molecule has 0 aliphatic heterocycles. The van der Waals surface area contributed by atoms with Crippen LogP contribution in [0.4, 0.5) is 35.9 Å². The van der Waals surface area contributed by atoms with Crippen LogP contribution in [0, 0.1) is 10.1 Å². The number of nitro benzene ring substituents is 1. The van der Waals surface area contributed by atoms with Crippen LogP contribution in [0.15, 0.2) is 56.4 Å². The van der Waals surface area contributed by atoms with Gasteiger partial charge in [0, 0.05) is 18.2 Å². The van der Waals surface area contributed by atoms with Crippen molar-refractivity contribution < 1.29 is 49.1 Å². The van der Waals surface area contributed by atoms with Crippen LogP contribution in [0.3, 0.4) is 0 Å². The monoisotopic (exact) mass is 536 g/mol. The summed E-state index contributed by atoms with van der Waals surface area (Å²) >= 11 is 0. The van der Waals surface area contributed by atoms with Gasteiger partial charge in [0.25, 0.3) is 25.9 Å². The van der Waals surface area contributed by atoms with E-state index in [-0.39, 0.29) is 6.07 Å². The van der Waals surface area contributed by atoms with Crippen molar-refractivity contribution in [1.82, 2.24) is 0 Å². The topological polar surface area (TPSA) is 223 Å². The Labute approximate surface area is 193 Å². The van der Waals surface area contributed by atoms with E-state index in [9.17, 15) is 54.3 Å². The first-order chi connectivity index (χ1) is 15.9. The SMILES string of the molecule is Nc1c(S(=O)(=O)O)cc2cc(S(=O)(=O)O)cc(O)c2c1N=Nc1ccc([N+](=O)[O-])cc1C(F)(F)F. The van der Waals surface area contributed by atoms with Crippen molar-refractivity contribution in [3.8, 4) is 5.75 Å². The zero-order valence-electron chi connectivity index (χ0n) is 16.6. The van der Waals surface area contributed by atoms with Gasteiger partial charge in [-0.05, 0) is 23.6 Å². The predicted molar refractivity (Wildman–Crippen MR) is 112 cm³/mol. The molecule has 0 unspecified atom stereocenters. The summed E-state index contributed by atoms with van der Waals surface area (Å²) in [6.45, 7) is 0. The zero-order valence-corrected chi connectivity index (χ0v) is 18.3. The lowest BCUT2D eigenvalue weighted by molar-refractivity contribution is -0.385. The number of nitrogen functional groups attached to an aromatic ring is 1. The molecule has 13 nitrogen and oxygen atoms in total. The number of anilines is 1. The third kappa shape index (κ3) is 5.14. The second-order valence-electron chi connectivity index (χ2n) is 6.78. The number of phenolic OH excluding ortho intramolecular Hbond substituents is 1. The van der Waals surface area contributed by atoms with E-state index in [0.29, 0.717) is 30.3 Å². The Morgan fingerprint density at radius 2 is 1.60 bits per heavy atom. The van der Waals surface area contributed by atoms with Crippen LogP contribution in [0.1, 0.15) is 5.56 Å². The van der Waals surface area contributed by atoms with Crippen molar-refractivity contribution in [2.24, 2.45) is 10.2 Å². The highest BCUT2D eigenvalue weighted by atomic mass is 32.2. The Morgan fingerprint density at radius 3 is 2.11 bits per heavy atom. The van der Waals surface area contributed by atoms with Gasteiger partial charge in [-0.3, -0.25) is 19.2 Å². The van der Waals surface area contributed by atoms with Gasteiger partial charge in [0.15, 0.2) is 0 Å². The van der Waals surface area contributed by atoms with Crippen molar-refractivity contribution in [3.05, 3.63) is 52.1 Å². The summed E-state index contributed by atoms with van der Waals surface area (Å²) in [5.74, 6) is -0.947. The second kappa shape index (κ2) is 8.41. The summed E-state index contributed by atoms with van der Waals surface area (Å²) in [7, 11) is -10.0. The Balaban J connectivity index is 2.38. The molecule has 5 N–H and O–H groups in total. The molecule has 0 atom stereocenters. The standard InChI is InChI=1S/C17H11F3N4O9S2/c18-17(19,20)10-5-8(24(26)27)1-2-11(10)22-23-16-14-7(4-13(15(16)21)35(31,32)33)3-9(6-12(14)25)34(28,29)30/h1-6,25H,21H2,(H,28,29,30)(H,31,32,33). The van der Waals surface area contributed by atoms with Gasteiger partial charge in [-0.15, -0.1) is 10.2 Å². The molecule has 0 bridgehead atoms. The van der Waals surface area contributed by atoms with E-state index in [1.807, 2.05) is 0 Å². The van der Waals surface area contributed by atoms with Crippen LogP contribution in [0.5, 0.6) is 5.75 Å². The molecule has 0 aromatic heterocycles. The van der Waals surface area contributed by atoms with Crippen molar-refractivity contribution in [3.63, 3.8) is 0 Å². The van der Waals surface area contributed by atoms with Crippen LogP contribution >= 0.6 is 0 Å². The highest BCUT2D eigenvalue weighted by Crippen LogP contribution is 2.45. The first-order valence-electron chi connectivity index (χ1n) is 8.73. The molecule has 0 heterocycles. The fraction of sp³-hybridized carbons (Fsp3) is 0.0588. The van der Waals surface area contributed by atoms with Crippen molar-refractivity contribution >= 4 is 53.8 Å². The Hall–Kier alpha value is -3.87. The lowest BCUT2D eigenvalue weighted by Crippen LogP contribution is -2.06. The molecule has 0 fully saturated rings. The van der Waals surface area contributed by atoms with E-state index >= 15 is 0 Å². The molecule has 0 radical (unpaired) electrons. The molecule has 0 amide bonds. The van der Waals surface area contributed by atoms with E-state index in [0.717, 1.165) is 0 Å². The van der Waals surface area contributed by atoms with Gasteiger partial charge in [-0.25, -0.2) is 0 Å². The van der Waals surface area contributed by atoms with E-state index in [2.05, 4.69) is 10.2 Å². The minimum absolute atomic E-state index is 0.181. The first-order valence-corrected chi connectivity index (χ1v) is 11.6. The summed E-state index contributed by atoms with van der Waals surface area (Å²) in [5, 5.41) is 27.0. The average molecular weight is 536 g/mol. The van der Waals surface area contributed by atoms with Crippen LogP contribution in [-0.2, 0) is 26.4 Å². The van der Waals surface area contributed by atoms with Crippen LogP contribution < -0.4 is 5.73 Å². The van der Waals surface area contributed by atoms with Crippen molar-refractivity contribution in [2.75, 3.05) is 5.73 Å². The number of rotatable bonds is 5. The third-order valence-electron chi connectivity index (χ3n) is 4.50. The number of nitrogens with two attached hydrogens (primary N) is 1. The van der Waals surface area contributed by atoms with Crippen molar-refractivity contribution in [1.29, 1.82) is 0 Å². The maximum atomic E-state index is 13.4. The van der Waals surface area contributed by atoms with Crippen LogP contribution in [-0.4, -0.2) is 36.0 Å². The molecule has 0 saturated carbocycles. The fourth-order valence-corrected chi connectivity index (χ4v) is 4.17. The molecular formula is C17H11F3N4O9S2. The predicted octanol–water partition coefficient (Wildman–Crippen LogP) is 3.96.